The van der Waals surface area contributed by atoms with Gasteiger partial charge in [0.15, 0.2) is 0 Å². The summed E-state index contributed by atoms with van der Waals surface area (Å²) in [6, 6.07) is 1.47. The highest BCUT2D eigenvalue weighted by Crippen LogP contribution is 2.12. The van der Waals surface area contributed by atoms with E-state index in [-0.39, 0.29) is 0 Å². The molecule has 2 nitrogen and oxygen atoms in total. The quantitative estimate of drug-likeness (QED) is 0.717. The maximum Gasteiger partial charge on any atom is 0.0221 e. The van der Waals surface area contributed by atoms with E-state index in [0.717, 1.165) is 6.04 Å². The molecular weight excluding hydrogens is 160 g/mol. The Balaban J connectivity index is 2.40. The number of hydrogen-bond acceptors (Lipinski definition) is 2. The molecule has 1 aliphatic rings. The predicted molar refractivity (Wildman–Crippen MR) is 58.0 cm³/mol. The van der Waals surface area contributed by atoms with Gasteiger partial charge in [-0.2, -0.15) is 0 Å². The smallest absolute Gasteiger partial charge is 0.0221 e. The molecule has 2 unspecified atom stereocenters. The van der Waals surface area contributed by atoms with Crippen molar-refractivity contribution in [1.29, 1.82) is 0 Å². The zero-order valence-corrected chi connectivity index (χ0v) is 9.34. The SMILES string of the molecule is CCCC1CNC(C)CN1CCC. The van der Waals surface area contributed by atoms with E-state index >= 15 is 0 Å². The van der Waals surface area contributed by atoms with Crippen molar-refractivity contribution >= 4 is 0 Å². The van der Waals surface area contributed by atoms with Crippen molar-refractivity contribution in [3.8, 4) is 0 Å². The molecule has 13 heavy (non-hydrogen) atoms. The first-order valence-corrected chi connectivity index (χ1v) is 5.75. The van der Waals surface area contributed by atoms with Crippen LogP contribution in [0.2, 0.25) is 0 Å². The van der Waals surface area contributed by atoms with E-state index in [1.54, 1.807) is 0 Å². The van der Waals surface area contributed by atoms with Crippen molar-refractivity contribution in [3.05, 3.63) is 0 Å². The van der Waals surface area contributed by atoms with Gasteiger partial charge in [-0.15, -0.1) is 0 Å². The van der Waals surface area contributed by atoms with Gasteiger partial charge in [0.05, 0.1) is 0 Å². The van der Waals surface area contributed by atoms with Crippen LogP contribution in [-0.4, -0.2) is 36.6 Å². The zero-order valence-electron chi connectivity index (χ0n) is 9.34. The van der Waals surface area contributed by atoms with Crippen LogP contribution >= 0.6 is 0 Å². The third-order valence-electron chi connectivity index (χ3n) is 2.86. The Hall–Kier alpha value is -0.0800. The second-order valence-corrected chi connectivity index (χ2v) is 4.25. The molecule has 1 saturated heterocycles. The zero-order chi connectivity index (χ0) is 9.68. The summed E-state index contributed by atoms with van der Waals surface area (Å²) in [5.41, 5.74) is 0. The number of piperazine rings is 1. The monoisotopic (exact) mass is 184 g/mol. The van der Waals surface area contributed by atoms with Crippen LogP contribution in [-0.2, 0) is 0 Å². The summed E-state index contributed by atoms with van der Waals surface area (Å²) in [5, 5.41) is 3.56. The van der Waals surface area contributed by atoms with Gasteiger partial charge in [0.2, 0.25) is 0 Å². The molecule has 78 valence electrons. The molecule has 0 aromatic carbocycles. The molecule has 0 saturated carbocycles. The minimum atomic E-state index is 0.680. The summed E-state index contributed by atoms with van der Waals surface area (Å²) in [5.74, 6) is 0. The van der Waals surface area contributed by atoms with Gasteiger partial charge in [0.1, 0.15) is 0 Å². The van der Waals surface area contributed by atoms with E-state index in [0.29, 0.717) is 6.04 Å². The molecule has 0 radical (unpaired) electrons. The highest BCUT2D eigenvalue weighted by atomic mass is 15.2. The Morgan fingerprint density at radius 3 is 2.69 bits per heavy atom. The largest absolute Gasteiger partial charge is 0.311 e. The van der Waals surface area contributed by atoms with Crippen LogP contribution < -0.4 is 5.32 Å². The van der Waals surface area contributed by atoms with Crippen molar-refractivity contribution < 1.29 is 0 Å². The van der Waals surface area contributed by atoms with Crippen molar-refractivity contribution in [3.63, 3.8) is 0 Å². The molecule has 0 aliphatic carbocycles. The molecule has 2 atom stereocenters. The molecule has 0 aromatic rings. The predicted octanol–water partition coefficient (Wildman–Crippen LogP) is 1.86. The number of nitrogens with zero attached hydrogens (tertiary/aromatic N) is 1. The fraction of sp³-hybridized carbons (Fsp3) is 1.00. The van der Waals surface area contributed by atoms with E-state index < -0.39 is 0 Å². The lowest BCUT2D eigenvalue weighted by Crippen LogP contribution is -2.55. The van der Waals surface area contributed by atoms with E-state index in [1.165, 1.54) is 38.9 Å². The molecule has 1 aliphatic heterocycles. The van der Waals surface area contributed by atoms with Crippen LogP contribution in [0.5, 0.6) is 0 Å². The van der Waals surface area contributed by atoms with Gasteiger partial charge >= 0.3 is 0 Å². The fourth-order valence-electron chi connectivity index (χ4n) is 2.21. The third-order valence-corrected chi connectivity index (χ3v) is 2.86. The molecule has 1 rings (SSSR count). The van der Waals surface area contributed by atoms with Gasteiger partial charge in [0.25, 0.3) is 0 Å². The van der Waals surface area contributed by atoms with E-state index in [2.05, 4.69) is 31.0 Å². The summed E-state index contributed by atoms with van der Waals surface area (Å²) in [7, 11) is 0. The minimum absolute atomic E-state index is 0.680. The van der Waals surface area contributed by atoms with Crippen LogP contribution in [0.15, 0.2) is 0 Å². The van der Waals surface area contributed by atoms with Crippen molar-refractivity contribution in [2.45, 2.75) is 52.1 Å². The molecule has 1 fully saturated rings. The second-order valence-electron chi connectivity index (χ2n) is 4.25. The van der Waals surface area contributed by atoms with Gasteiger partial charge in [-0.05, 0) is 26.3 Å². The third kappa shape index (κ3) is 3.28. The number of rotatable bonds is 4. The Bertz CT molecular complexity index is 136. The summed E-state index contributed by atoms with van der Waals surface area (Å²) < 4.78 is 0. The standard InChI is InChI=1S/C11H24N2/c1-4-6-11-8-12-10(3)9-13(11)7-5-2/h10-12H,4-9H2,1-3H3. The van der Waals surface area contributed by atoms with Crippen LogP contribution in [0, 0.1) is 0 Å². The number of hydrogen-bond donors (Lipinski definition) is 1. The van der Waals surface area contributed by atoms with Crippen molar-refractivity contribution in [2.75, 3.05) is 19.6 Å². The van der Waals surface area contributed by atoms with Gasteiger partial charge in [-0.25, -0.2) is 0 Å². The minimum Gasteiger partial charge on any atom is -0.311 e. The van der Waals surface area contributed by atoms with Crippen molar-refractivity contribution in [2.24, 2.45) is 0 Å². The topological polar surface area (TPSA) is 15.3 Å². The molecule has 1 N–H and O–H groups in total. The summed E-state index contributed by atoms with van der Waals surface area (Å²) in [4.78, 5) is 2.66. The van der Waals surface area contributed by atoms with Crippen LogP contribution in [0.1, 0.15) is 40.0 Å². The summed E-state index contributed by atoms with van der Waals surface area (Å²) in [6.45, 7) is 10.5. The summed E-state index contributed by atoms with van der Waals surface area (Å²) in [6.07, 6.45) is 3.94. The molecular formula is C11H24N2. The van der Waals surface area contributed by atoms with Gasteiger partial charge in [-0.1, -0.05) is 20.3 Å². The first-order chi connectivity index (χ1) is 6.27. The first-order valence-electron chi connectivity index (χ1n) is 5.75. The van der Waals surface area contributed by atoms with E-state index in [9.17, 15) is 0 Å². The van der Waals surface area contributed by atoms with E-state index in [4.69, 9.17) is 0 Å². The fourth-order valence-corrected chi connectivity index (χ4v) is 2.21. The lowest BCUT2D eigenvalue weighted by Gasteiger charge is -2.39. The molecule has 0 bridgehead atoms. The van der Waals surface area contributed by atoms with E-state index in [1.807, 2.05) is 0 Å². The highest BCUT2D eigenvalue weighted by molar-refractivity contribution is 4.83. The Morgan fingerprint density at radius 1 is 1.31 bits per heavy atom. The number of nitrogens with one attached hydrogen (secondary N) is 1. The first kappa shape index (κ1) is 11.0. The average molecular weight is 184 g/mol. The molecule has 0 aromatic heterocycles. The molecule has 1 heterocycles. The van der Waals surface area contributed by atoms with Crippen LogP contribution in [0.25, 0.3) is 0 Å². The van der Waals surface area contributed by atoms with Crippen molar-refractivity contribution in [1.82, 2.24) is 10.2 Å². The van der Waals surface area contributed by atoms with Gasteiger partial charge < -0.3 is 5.32 Å². The van der Waals surface area contributed by atoms with Crippen LogP contribution in [0.3, 0.4) is 0 Å². The Labute approximate surface area is 82.7 Å². The average Bonchev–Trinajstić information content (AvgIpc) is 2.10. The maximum atomic E-state index is 3.56. The van der Waals surface area contributed by atoms with Gasteiger partial charge in [0, 0.05) is 25.2 Å². The second kappa shape index (κ2) is 5.61. The lowest BCUT2D eigenvalue weighted by molar-refractivity contribution is 0.128. The Morgan fingerprint density at radius 2 is 2.08 bits per heavy atom. The van der Waals surface area contributed by atoms with Gasteiger partial charge in [-0.3, -0.25) is 4.90 Å². The molecule has 0 amide bonds. The maximum absolute atomic E-state index is 3.56. The van der Waals surface area contributed by atoms with Crippen LogP contribution in [0.4, 0.5) is 0 Å². The summed E-state index contributed by atoms with van der Waals surface area (Å²) >= 11 is 0. The Kier molecular flexibility index (Phi) is 4.74. The highest BCUT2D eigenvalue weighted by Gasteiger charge is 2.23. The lowest BCUT2D eigenvalue weighted by atomic mass is 10.1. The molecule has 0 spiro atoms. The molecule has 2 heteroatoms. The normalized spacial score (nSPS) is 30.7.